The number of aromatic nitrogens is 1. The Bertz CT molecular complexity index is 971. The molecule has 2 amide bonds. The number of pyridine rings is 1. The third-order valence-electron chi connectivity index (χ3n) is 7.17. The zero-order chi connectivity index (χ0) is 22.8. The number of hydrogen-bond acceptors (Lipinski definition) is 4. The molecular weight excluding hydrogens is 457 g/mol. The van der Waals surface area contributed by atoms with E-state index < -0.39 is 0 Å². The number of nitrogens with zero attached hydrogens (tertiary/aromatic N) is 5. The maximum Gasteiger partial charge on any atom is 0.324 e. The minimum atomic E-state index is -0.0388. The van der Waals surface area contributed by atoms with Crippen LogP contribution in [0.25, 0.3) is 0 Å². The van der Waals surface area contributed by atoms with Crippen molar-refractivity contribution in [3.63, 3.8) is 0 Å². The fourth-order valence-electron chi connectivity index (χ4n) is 5.31. The van der Waals surface area contributed by atoms with E-state index in [1.807, 2.05) is 11.1 Å². The summed E-state index contributed by atoms with van der Waals surface area (Å²) in [6.45, 7) is 6.49. The zero-order valence-corrected chi connectivity index (χ0v) is 20.4. The van der Waals surface area contributed by atoms with Crippen LogP contribution >= 0.6 is 23.2 Å². The summed E-state index contributed by atoms with van der Waals surface area (Å²) in [6.07, 6.45) is 8.45. The van der Waals surface area contributed by atoms with E-state index in [9.17, 15) is 4.79 Å². The second-order valence-electron chi connectivity index (χ2n) is 9.29. The van der Waals surface area contributed by atoms with Gasteiger partial charge in [-0.25, -0.2) is 9.78 Å². The van der Waals surface area contributed by atoms with Gasteiger partial charge in [0.2, 0.25) is 0 Å². The van der Waals surface area contributed by atoms with Gasteiger partial charge in [-0.3, -0.25) is 4.90 Å². The largest absolute Gasteiger partial charge is 0.357 e. The number of carbonyl (C=O) groups is 1. The highest BCUT2D eigenvalue weighted by molar-refractivity contribution is 6.36. The number of urea groups is 1. The molecule has 33 heavy (non-hydrogen) atoms. The minimum absolute atomic E-state index is 0.0388. The molecule has 1 aromatic carbocycles. The molecule has 3 fully saturated rings. The van der Waals surface area contributed by atoms with Gasteiger partial charge in [-0.05, 0) is 68.6 Å². The minimum Gasteiger partial charge on any atom is -0.357 e. The van der Waals surface area contributed by atoms with Crippen LogP contribution in [0.2, 0.25) is 10.0 Å². The lowest BCUT2D eigenvalue weighted by Gasteiger charge is -2.40. The molecule has 0 unspecified atom stereocenters. The van der Waals surface area contributed by atoms with E-state index in [2.05, 4.69) is 21.9 Å². The Morgan fingerprint density at radius 2 is 1.70 bits per heavy atom. The molecule has 0 aliphatic carbocycles. The van der Waals surface area contributed by atoms with Crippen LogP contribution in [0.5, 0.6) is 0 Å². The molecule has 3 aliphatic heterocycles. The van der Waals surface area contributed by atoms with E-state index in [0.717, 1.165) is 30.5 Å². The lowest BCUT2D eigenvalue weighted by Crippen LogP contribution is -2.46. The molecule has 3 saturated heterocycles. The van der Waals surface area contributed by atoms with Gasteiger partial charge in [-0.1, -0.05) is 35.7 Å². The maximum atomic E-state index is 13.0. The Hall–Kier alpha value is -2.02. The van der Waals surface area contributed by atoms with Gasteiger partial charge in [0.15, 0.2) is 0 Å². The molecular formula is C25H31Cl2N5O. The number of benzene rings is 1. The van der Waals surface area contributed by atoms with E-state index in [1.165, 1.54) is 45.2 Å². The second kappa shape index (κ2) is 10.1. The average Bonchev–Trinajstić information content (AvgIpc) is 3.20. The molecule has 0 atom stereocenters. The molecule has 2 aromatic rings. The summed E-state index contributed by atoms with van der Waals surface area (Å²) in [6, 6.07) is 10.1. The fourth-order valence-corrected chi connectivity index (χ4v) is 5.82. The molecule has 176 valence electrons. The predicted molar refractivity (Wildman–Crippen MR) is 135 cm³/mol. The molecule has 3 aliphatic rings. The topological polar surface area (TPSA) is 42.9 Å². The molecule has 6 nitrogen and oxygen atoms in total. The maximum absolute atomic E-state index is 13.0. The van der Waals surface area contributed by atoms with E-state index >= 15 is 0 Å². The number of anilines is 2. The van der Waals surface area contributed by atoms with Crippen molar-refractivity contribution in [1.82, 2.24) is 14.8 Å². The first kappa shape index (κ1) is 22.8. The number of likely N-dealkylation sites (tertiary alicyclic amines) is 1. The first-order valence-electron chi connectivity index (χ1n) is 12.0. The standard InChI is InChI=1S/C25H31Cl2N5O/c26-20-5-6-23(22(27)16-20)32-15-14-31(25(32)33)18-19-4-7-24(28-17-19)30-12-8-21(9-13-30)29-10-2-1-3-11-29/h4-7,16-17,21H,1-3,8-15,18H2. The lowest BCUT2D eigenvalue weighted by atomic mass is 10.00. The van der Waals surface area contributed by atoms with Gasteiger partial charge >= 0.3 is 6.03 Å². The summed E-state index contributed by atoms with van der Waals surface area (Å²) in [7, 11) is 0. The van der Waals surface area contributed by atoms with Crippen LogP contribution < -0.4 is 9.80 Å². The van der Waals surface area contributed by atoms with Crippen molar-refractivity contribution in [1.29, 1.82) is 0 Å². The van der Waals surface area contributed by atoms with E-state index in [1.54, 1.807) is 23.1 Å². The van der Waals surface area contributed by atoms with Crippen molar-refractivity contribution in [2.75, 3.05) is 49.1 Å². The molecule has 0 saturated carbocycles. The van der Waals surface area contributed by atoms with Crippen molar-refractivity contribution in [2.24, 2.45) is 0 Å². The van der Waals surface area contributed by atoms with Crippen LogP contribution in [-0.2, 0) is 6.54 Å². The summed E-state index contributed by atoms with van der Waals surface area (Å²) in [5.74, 6) is 1.04. The van der Waals surface area contributed by atoms with Crippen molar-refractivity contribution in [2.45, 2.75) is 44.7 Å². The third-order valence-corrected chi connectivity index (χ3v) is 7.71. The second-order valence-corrected chi connectivity index (χ2v) is 10.1. The van der Waals surface area contributed by atoms with Crippen LogP contribution in [0, 0.1) is 0 Å². The number of amides is 2. The van der Waals surface area contributed by atoms with Gasteiger partial charge in [0.25, 0.3) is 0 Å². The number of piperidine rings is 2. The van der Waals surface area contributed by atoms with Crippen molar-refractivity contribution in [3.8, 4) is 0 Å². The van der Waals surface area contributed by atoms with Gasteiger partial charge < -0.3 is 14.7 Å². The van der Waals surface area contributed by atoms with E-state index in [-0.39, 0.29) is 6.03 Å². The number of halogens is 2. The summed E-state index contributed by atoms with van der Waals surface area (Å²) in [5, 5.41) is 1.06. The van der Waals surface area contributed by atoms with Gasteiger partial charge in [-0.2, -0.15) is 0 Å². The van der Waals surface area contributed by atoms with Crippen molar-refractivity contribution >= 4 is 40.7 Å². The number of hydrogen-bond donors (Lipinski definition) is 0. The first-order chi connectivity index (χ1) is 16.1. The predicted octanol–water partition coefficient (Wildman–Crippen LogP) is 5.29. The highest BCUT2D eigenvalue weighted by Crippen LogP contribution is 2.31. The van der Waals surface area contributed by atoms with Gasteiger partial charge in [0, 0.05) is 50.0 Å². The molecule has 8 heteroatoms. The van der Waals surface area contributed by atoms with Crippen LogP contribution in [0.15, 0.2) is 36.5 Å². The van der Waals surface area contributed by atoms with Gasteiger partial charge in [-0.15, -0.1) is 0 Å². The number of rotatable bonds is 5. The zero-order valence-electron chi connectivity index (χ0n) is 18.9. The van der Waals surface area contributed by atoms with Crippen molar-refractivity contribution in [3.05, 3.63) is 52.1 Å². The SMILES string of the molecule is O=C1N(Cc2ccc(N3CCC(N4CCCCC4)CC3)nc2)CCN1c1ccc(Cl)cc1Cl. The van der Waals surface area contributed by atoms with Gasteiger partial charge in [0.1, 0.15) is 5.82 Å². The Labute approximate surface area is 206 Å². The average molecular weight is 488 g/mol. The number of carbonyl (C=O) groups excluding carboxylic acids is 1. The summed E-state index contributed by atoms with van der Waals surface area (Å²) < 4.78 is 0. The molecule has 0 spiro atoms. The summed E-state index contributed by atoms with van der Waals surface area (Å²) >= 11 is 12.3. The quantitative estimate of drug-likeness (QED) is 0.574. The fraction of sp³-hybridized carbons (Fsp3) is 0.520. The highest BCUT2D eigenvalue weighted by Gasteiger charge is 2.31. The van der Waals surface area contributed by atoms with E-state index in [4.69, 9.17) is 28.2 Å². The first-order valence-corrected chi connectivity index (χ1v) is 12.8. The highest BCUT2D eigenvalue weighted by atomic mass is 35.5. The Kier molecular flexibility index (Phi) is 6.95. The molecule has 0 bridgehead atoms. The lowest BCUT2D eigenvalue weighted by molar-refractivity contribution is 0.141. The monoisotopic (exact) mass is 487 g/mol. The Morgan fingerprint density at radius 1 is 0.909 bits per heavy atom. The Balaban J connectivity index is 1.16. The van der Waals surface area contributed by atoms with Crippen LogP contribution in [0.4, 0.5) is 16.3 Å². The molecule has 0 N–H and O–H groups in total. The Morgan fingerprint density at radius 3 is 2.39 bits per heavy atom. The van der Waals surface area contributed by atoms with Crippen LogP contribution in [0.3, 0.4) is 0 Å². The van der Waals surface area contributed by atoms with E-state index in [0.29, 0.717) is 35.4 Å². The summed E-state index contributed by atoms with van der Waals surface area (Å²) in [4.78, 5) is 26.3. The molecule has 4 heterocycles. The van der Waals surface area contributed by atoms with Crippen LogP contribution in [-0.4, -0.2) is 66.1 Å². The molecule has 1 aromatic heterocycles. The van der Waals surface area contributed by atoms with Crippen molar-refractivity contribution < 1.29 is 4.79 Å². The third kappa shape index (κ3) is 5.08. The van der Waals surface area contributed by atoms with Crippen LogP contribution in [0.1, 0.15) is 37.7 Å². The summed E-state index contributed by atoms with van der Waals surface area (Å²) in [5.41, 5.74) is 1.74. The molecule has 0 radical (unpaired) electrons. The smallest absolute Gasteiger partial charge is 0.324 e. The molecule has 5 rings (SSSR count). The van der Waals surface area contributed by atoms with Gasteiger partial charge in [0.05, 0.1) is 10.7 Å². The normalized spacial score (nSPS) is 20.7.